The monoisotopic (exact) mass is 342 g/mol. The van der Waals surface area contributed by atoms with Gasteiger partial charge in [0.2, 0.25) is 5.13 Å². The Morgan fingerprint density at radius 3 is 2.88 bits per heavy atom. The highest BCUT2D eigenvalue weighted by Crippen LogP contribution is 2.20. The number of carbonyl (C=O) groups excluding carboxylic acids is 1. The molecule has 0 atom stereocenters. The van der Waals surface area contributed by atoms with Gasteiger partial charge < -0.3 is 14.8 Å². The molecule has 7 nitrogen and oxygen atoms in total. The van der Waals surface area contributed by atoms with Gasteiger partial charge >= 0.3 is 0 Å². The number of aryl methyl sites for hydroxylation is 1. The first-order chi connectivity index (χ1) is 11.7. The van der Waals surface area contributed by atoms with Crippen LogP contribution in [0.4, 0.5) is 5.13 Å². The van der Waals surface area contributed by atoms with Crippen molar-refractivity contribution in [2.24, 2.45) is 0 Å². The Labute approximate surface area is 143 Å². The maximum absolute atomic E-state index is 12.7. The minimum atomic E-state index is 0.0673. The normalized spacial score (nSPS) is 15.2. The van der Waals surface area contributed by atoms with Gasteiger partial charge in [0.05, 0.1) is 17.4 Å². The molecule has 1 aromatic carbocycles. The molecular formula is C16H18N6OS. The summed E-state index contributed by atoms with van der Waals surface area (Å²) < 4.78 is 4.33. The van der Waals surface area contributed by atoms with E-state index in [1.165, 1.54) is 11.5 Å². The van der Waals surface area contributed by atoms with Gasteiger partial charge in [-0.05, 0) is 18.2 Å². The molecule has 1 fully saturated rings. The molecule has 8 heteroatoms. The van der Waals surface area contributed by atoms with Crippen LogP contribution in [0.15, 0.2) is 24.5 Å². The highest BCUT2D eigenvalue weighted by Gasteiger charge is 2.24. The van der Waals surface area contributed by atoms with E-state index in [9.17, 15) is 4.79 Å². The molecule has 0 spiro atoms. The lowest BCUT2D eigenvalue weighted by Crippen LogP contribution is -2.48. The molecule has 3 aromatic rings. The molecule has 3 heterocycles. The topological polar surface area (TPSA) is 78.0 Å². The summed E-state index contributed by atoms with van der Waals surface area (Å²) >= 11 is 1.44. The van der Waals surface area contributed by atoms with Gasteiger partial charge in [-0.2, -0.15) is 4.37 Å². The number of amides is 1. The Morgan fingerprint density at radius 1 is 1.29 bits per heavy atom. The highest BCUT2D eigenvalue weighted by molar-refractivity contribution is 7.09. The lowest BCUT2D eigenvalue weighted by Gasteiger charge is -2.34. The van der Waals surface area contributed by atoms with E-state index >= 15 is 0 Å². The minimum Gasteiger partial charge on any atom is -0.345 e. The Kier molecular flexibility index (Phi) is 3.89. The van der Waals surface area contributed by atoms with E-state index in [0.29, 0.717) is 18.7 Å². The third-order valence-corrected chi connectivity index (χ3v) is 5.09. The molecule has 0 aliphatic carbocycles. The summed E-state index contributed by atoms with van der Waals surface area (Å²) in [5, 5.41) is 0.956. The van der Waals surface area contributed by atoms with E-state index in [1.54, 1.807) is 6.33 Å². The fraction of sp³-hybridized carbons (Fsp3) is 0.375. The van der Waals surface area contributed by atoms with Gasteiger partial charge in [-0.3, -0.25) is 4.79 Å². The SMILES string of the molecule is CCc1nsc(N2CCN(C(=O)c3ccc4nc[nH]c4c3)CC2)n1. The zero-order valence-corrected chi connectivity index (χ0v) is 14.2. The van der Waals surface area contributed by atoms with E-state index in [4.69, 9.17) is 0 Å². The number of anilines is 1. The number of hydrogen-bond donors (Lipinski definition) is 1. The van der Waals surface area contributed by atoms with Crippen LogP contribution in [0, 0.1) is 0 Å². The van der Waals surface area contributed by atoms with Gasteiger partial charge in [-0.15, -0.1) is 0 Å². The molecule has 24 heavy (non-hydrogen) atoms. The molecule has 0 radical (unpaired) electrons. The predicted molar refractivity (Wildman–Crippen MR) is 93.5 cm³/mol. The summed E-state index contributed by atoms with van der Waals surface area (Å²) in [7, 11) is 0. The van der Waals surface area contributed by atoms with Crippen LogP contribution in [0.1, 0.15) is 23.1 Å². The second kappa shape index (κ2) is 6.20. The molecule has 1 aliphatic rings. The van der Waals surface area contributed by atoms with Gasteiger partial charge in [0.1, 0.15) is 5.82 Å². The molecule has 1 amide bonds. The van der Waals surface area contributed by atoms with Crippen molar-refractivity contribution in [1.82, 2.24) is 24.2 Å². The Bertz CT molecular complexity index is 864. The third-order valence-electron chi connectivity index (χ3n) is 4.28. The van der Waals surface area contributed by atoms with Crippen molar-refractivity contribution >= 4 is 33.6 Å². The molecule has 0 unspecified atom stereocenters. The fourth-order valence-corrected chi connectivity index (χ4v) is 3.67. The van der Waals surface area contributed by atoms with Crippen molar-refractivity contribution < 1.29 is 4.79 Å². The number of rotatable bonds is 3. The van der Waals surface area contributed by atoms with E-state index in [1.807, 2.05) is 23.1 Å². The number of aromatic amines is 1. The minimum absolute atomic E-state index is 0.0673. The van der Waals surface area contributed by atoms with Crippen LogP contribution in [0.5, 0.6) is 0 Å². The zero-order valence-electron chi connectivity index (χ0n) is 13.4. The Morgan fingerprint density at radius 2 is 2.12 bits per heavy atom. The average Bonchev–Trinajstić information content (AvgIpc) is 3.29. The van der Waals surface area contributed by atoms with Crippen LogP contribution in [0.3, 0.4) is 0 Å². The molecular weight excluding hydrogens is 324 g/mol. The lowest BCUT2D eigenvalue weighted by molar-refractivity contribution is 0.0747. The number of nitrogens with one attached hydrogen (secondary N) is 1. The van der Waals surface area contributed by atoms with E-state index in [-0.39, 0.29) is 5.91 Å². The molecule has 124 valence electrons. The van der Waals surface area contributed by atoms with Crippen LogP contribution >= 0.6 is 11.5 Å². The van der Waals surface area contributed by atoms with Gasteiger partial charge in [0.25, 0.3) is 5.91 Å². The Hall–Kier alpha value is -2.48. The van der Waals surface area contributed by atoms with Crippen molar-refractivity contribution in [3.05, 3.63) is 35.9 Å². The van der Waals surface area contributed by atoms with Gasteiger partial charge in [0.15, 0.2) is 0 Å². The number of imidazole rings is 1. The summed E-state index contributed by atoms with van der Waals surface area (Å²) in [6.45, 7) is 5.02. The van der Waals surface area contributed by atoms with Crippen LogP contribution in [-0.2, 0) is 6.42 Å². The average molecular weight is 342 g/mol. The molecule has 2 aromatic heterocycles. The molecule has 0 saturated carbocycles. The molecule has 1 saturated heterocycles. The van der Waals surface area contributed by atoms with Crippen molar-refractivity contribution in [1.29, 1.82) is 0 Å². The number of carbonyl (C=O) groups is 1. The predicted octanol–water partition coefficient (Wildman–Crippen LogP) is 1.94. The first-order valence-electron chi connectivity index (χ1n) is 8.04. The van der Waals surface area contributed by atoms with E-state index < -0.39 is 0 Å². The van der Waals surface area contributed by atoms with Crippen LogP contribution < -0.4 is 4.90 Å². The molecule has 1 aliphatic heterocycles. The zero-order chi connectivity index (χ0) is 16.5. The van der Waals surface area contributed by atoms with Gasteiger partial charge in [-0.1, -0.05) is 6.92 Å². The number of aromatic nitrogens is 4. The summed E-state index contributed by atoms with van der Waals surface area (Å²) in [6.07, 6.45) is 2.50. The van der Waals surface area contributed by atoms with Crippen molar-refractivity contribution in [2.45, 2.75) is 13.3 Å². The number of hydrogen-bond acceptors (Lipinski definition) is 6. The number of fused-ring (bicyclic) bond motifs is 1. The van der Waals surface area contributed by atoms with Gasteiger partial charge in [-0.25, -0.2) is 9.97 Å². The lowest BCUT2D eigenvalue weighted by atomic mass is 10.1. The molecule has 4 rings (SSSR count). The van der Waals surface area contributed by atoms with Crippen molar-refractivity contribution in [3.8, 4) is 0 Å². The number of H-pyrrole nitrogens is 1. The number of nitrogens with zero attached hydrogens (tertiary/aromatic N) is 5. The molecule has 0 bridgehead atoms. The second-order valence-electron chi connectivity index (χ2n) is 5.76. The standard InChI is InChI=1S/C16H18N6OS/c1-2-14-19-16(24-20-14)22-7-5-21(6-8-22)15(23)11-3-4-12-13(9-11)18-10-17-12/h3-4,9-10H,2,5-8H2,1H3,(H,17,18). The molecule has 1 N–H and O–H groups in total. The maximum atomic E-state index is 12.7. The van der Waals surface area contributed by atoms with Crippen LogP contribution in [0.25, 0.3) is 11.0 Å². The largest absolute Gasteiger partial charge is 0.345 e. The smallest absolute Gasteiger partial charge is 0.254 e. The van der Waals surface area contributed by atoms with E-state index in [0.717, 1.165) is 41.5 Å². The summed E-state index contributed by atoms with van der Waals surface area (Å²) in [6, 6.07) is 5.59. The quantitative estimate of drug-likeness (QED) is 0.787. The third kappa shape index (κ3) is 2.73. The second-order valence-corrected chi connectivity index (χ2v) is 6.49. The number of benzene rings is 1. The first-order valence-corrected chi connectivity index (χ1v) is 8.82. The highest BCUT2D eigenvalue weighted by atomic mass is 32.1. The Balaban J connectivity index is 1.43. The van der Waals surface area contributed by atoms with Crippen LogP contribution in [-0.4, -0.2) is 56.3 Å². The fourth-order valence-electron chi connectivity index (χ4n) is 2.87. The summed E-state index contributed by atoms with van der Waals surface area (Å²) in [5.41, 5.74) is 2.46. The first kappa shape index (κ1) is 15.1. The van der Waals surface area contributed by atoms with Crippen LogP contribution in [0.2, 0.25) is 0 Å². The van der Waals surface area contributed by atoms with Crippen molar-refractivity contribution in [3.63, 3.8) is 0 Å². The summed E-state index contributed by atoms with van der Waals surface area (Å²) in [4.78, 5) is 28.6. The summed E-state index contributed by atoms with van der Waals surface area (Å²) in [5.74, 6) is 0.957. The van der Waals surface area contributed by atoms with Gasteiger partial charge in [0, 0.05) is 49.7 Å². The van der Waals surface area contributed by atoms with Crippen molar-refractivity contribution in [2.75, 3.05) is 31.1 Å². The maximum Gasteiger partial charge on any atom is 0.254 e. The van der Waals surface area contributed by atoms with E-state index in [2.05, 4.69) is 31.1 Å². The number of piperazine rings is 1.